The molecule has 1 aliphatic rings. The molecular weight excluding hydrogens is 435 g/mol. The third-order valence-corrected chi connectivity index (χ3v) is 2.53. The smallest absolute Gasteiger partial charge is 0 e. The molecule has 0 amide bonds. The number of hydrogen-bond donors (Lipinski definition) is 3. The molecule has 0 unspecified atom stereocenters. The molecule has 1 aliphatic carbocycles. The average Bonchev–Trinajstić information content (AvgIpc) is 2.60. The van der Waals surface area contributed by atoms with Crippen LogP contribution in [0.1, 0.15) is 68.7 Å². The standard InChI is InChI=1S/C5H6FGe.3C4H10O.Zr/c6-7-5-3-1-2-4-5;3*1-4(2,3)5;/h1,3H,2,7H2;3*5H,1-3H3;/q-1;;;;. The summed E-state index contributed by atoms with van der Waals surface area (Å²) in [6.45, 7) is 15.7. The third kappa shape index (κ3) is 103. The molecule has 0 heterocycles. The zero-order chi connectivity index (χ0) is 18.6. The summed E-state index contributed by atoms with van der Waals surface area (Å²) in [7, 11) is 0. The van der Waals surface area contributed by atoms with Crippen molar-refractivity contribution in [1.82, 2.24) is 0 Å². The van der Waals surface area contributed by atoms with E-state index in [-0.39, 0.29) is 26.2 Å². The Balaban J connectivity index is -0.000000105. The van der Waals surface area contributed by atoms with Crippen LogP contribution in [0.15, 0.2) is 16.6 Å². The first-order valence-corrected chi connectivity index (χ1v) is 10.0. The summed E-state index contributed by atoms with van der Waals surface area (Å²) in [4.78, 5) is 0. The Bertz CT molecular complexity index is 278. The van der Waals surface area contributed by atoms with Crippen LogP contribution in [0.25, 0.3) is 0 Å². The predicted molar refractivity (Wildman–Crippen MR) is 96.1 cm³/mol. The Kier molecular flexibility index (Phi) is 20.5. The molecule has 0 saturated carbocycles. The normalized spacial score (nSPS) is 13.7. The zero-order valence-electron chi connectivity index (χ0n) is 16.3. The minimum atomic E-state index is -1.75. The molecule has 138 valence electrons. The first-order chi connectivity index (χ1) is 9.43. The van der Waals surface area contributed by atoms with Crippen molar-refractivity contribution in [3.63, 3.8) is 0 Å². The van der Waals surface area contributed by atoms with Gasteiger partial charge in [-0.05, 0) is 62.3 Å². The van der Waals surface area contributed by atoms with Gasteiger partial charge in [-0.3, -0.25) is 0 Å². The summed E-state index contributed by atoms with van der Waals surface area (Å²) < 4.78 is 12.6. The number of rotatable bonds is 1. The van der Waals surface area contributed by atoms with Gasteiger partial charge in [-0.2, -0.15) is 0 Å². The van der Waals surface area contributed by atoms with Crippen molar-refractivity contribution in [2.75, 3.05) is 0 Å². The maximum Gasteiger partial charge on any atom is 0 e. The van der Waals surface area contributed by atoms with Gasteiger partial charge in [-0.1, -0.05) is 0 Å². The molecule has 0 aromatic heterocycles. The Morgan fingerprint density at radius 3 is 1.22 bits per heavy atom. The van der Waals surface area contributed by atoms with Gasteiger partial charge in [-0.15, -0.1) is 0 Å². The van der Waals surface area contributed by atoms with Crippen LogP contribution in [0.2, 0.25) is 0 Å². The van der Waals surface area contributed by atoms with Crippen molar-refractivity contribution >= 4 is 15.9 Å². The third-order valence-electron chi connectivity index (χ3n) is 0.910. The van der Waals surface area contributed by atoms with Gasteiger partial charge in [0.1, 0.15) is 0 Å². The second-order valence-corrected chi connectivity index (χ2v) is 10.1. The molecule has 0 aliphatic heterocycles. The van der Waals surface area contributed by atoms with Crippen molar-refractivity contribution in [2.45, 2.75) is 85.5 Å². The van der Waals surface area contributed by atoms with Crippen LogP contribution in [-0.2, 0) is 26.2 Å². The van der Waals surface area contributed by atoms with E-state index in [0.29, 0.717) is 0 Å². The minimum absolute atomic E-state index is 0. The van der Waals surface area contributed by atoms with Gasteiger partial charge in [0, 0.05) is 26.2 Å². The number of halogens is 1. The van der Waals surface area contributed by atoms with Crippen molar-refractivity contribution in [2.24, 2.45) is 0 Å². The van der Waals surface area contributed by atoms with E-state index in [1.54, 1.807) is 62.3 Å². The van der Waals surface area contributed by atoms with Gasteiger partial charge in [0.05, 0.1) is 16.8 Å². The van der Waals surface area contributed by atoms with Crippen LogP contribution in [0.5, 0.6) is 0 Å². The maximum atomic E-state index is 11.7. The van der Waals surface area contributed by atoms with Crippen LogP contribution in [0, 0.1) is 6.08 Å². The van der Waals surface area contributed by atoms with E-state index in [4.69, 9.17) is 15.3 Å². The summed E-state index contributed by atoms with van der Waals surface area (Å²) in [5, 5.41) is 25.6. The molecule has 0 saturated heterocycles. The summed E-state index contributed by atoms with van der Waals surface area (Å²) in [5.41, 5.74) is -1.50. The largest absolute Gasteiger partial charge is 0 e. The molecule has 0 aromatic rings. The summed E-state index contributed by atoms with van der Waals surface area (Å²) in [5.74, 6) is 0. The molecule has 23 heavy (non-hydrogen) atoms. The van der Waals surface area contributed by atoms with E-state index in [1.807, 2.05) is 12.2 Å². The van der Waals surface area contributed by atoms with Crippen LogP contribution in [-0.4, -0.2) is 48.0 Å². The van der Waals surface area contributed by atoms with Crippen molar-refractivity contribution in [1.29, 1.82) is 0 Å². The Morgan fingerprint density at radius 1 is 0.870 bits per heavy atom. The number of hydrogen-bond acceptors (Lipinski definition) is 3. The predicted octanol–water partition coefficient (Wildman–Crippen LogP) is 3.02. The van der Waals surface area contributed by atoms with Gasteiger partial charge >= 0.3 is 48.5 Å². The van der Waals surface area contributed by atoms with Crippen LogP contribution >= 0.6 is 0 Å². The van der Waals surface area contributed by atoms with Gasteiger partial charge in [-0.25, -0.2) is 0 Å². The fourth-order valence-electron chi connectivity index (χ4n) is 0.542. The minimum Gasteiger partial charge on any atom is 0 e. The first-order valence-electron chi connectivity index (χ1n) is 7.43. The Labute approximate surface area is 168 Å². The maximum absolute atomic E-state index is 11.7. The topological polar surface area (TPSA) is 60.7 Å². The molecule has 0 bridgehead atoms. The molecule has 0 atom stereocenters. The average molecular weight is 471 g/mol. The van der Waals surface area contributed by atoms with E-state index >= 15 is 0 Å². The molecule has 3 nitrogen and oxygen atoms in total. The molecule has 0 spiro atoms. The molecule has 0 aromatic carbocycles. The molecule has 0 fully saturated rings. The van der Waals surface area contributed by atoms with Gasteiger partial charge in [0.25, 0.3) is 0 Å². The quantitative estimate of drug-likeness (QED) is 0.407. The SMILES string of the molecule is CC(C)(C)O.CC(C)(C)O.CC(C)(C)O.[F][GeH2][C]1=[C-]CC=C1.[Zr]. The van der Waals surface area contributed by atoms with E-state index in [9.17, 15) is 3.50 Å². The van der Waals surface area contributed by atoms with Gasteiger partial charge < -0.3 is 15.3 Å². The Hall–Kier alpha value is 0.716. The van der Waals surface area contributed by atoms with Gasteiger partial charge in [0.15, 0.2) is 0 Å². The second kappa shape index (κ2) is 15.0. The first kappa shape index (κ1) is 31.5. The Morgan fingerprint density at radius 2 is 1.13 bits per heavy atom. The summed E-state index contributed by atoms with van der Waals surface area (Å²) in [6.07, 6.45) is 7.55. The van der Waals surface area contributed by atoms with E-state index in [1.165, 1.54) is 0 Å². The van der Waals surface area contributed by atoms with E-state index < -0.39 is 32.7 Å². The van der Waals surface area contributed by atoms with E-state index in [0.717, 1.165) is 10.8 Å². The molecule has 1 rings (SSSR count). The van der Waals surface area contributed by atoms with Gasteiger partial charge in [0.2, 0.25) is 0 Å². The van der Waals surface area contributed by atoms with Crippen LogP contribution in [0.3, 0.4) is 0 Å². The van der Waals surface area contributed by atoms with Crippen molar-refractivity contribution < 1.29 is 45.0 Å². The van der Waals surface area contributed by atoms with E-state index in [2.05, 4.69) is 6.08 Å². The van der Waals surface area contributed by atoms with Crippen molar-refractivity contribution in [3.8, 4) is 0 Å². The zero-order valence-corrected chi connectivity index (χ0v) is 21.7. The molecule has 3 N–H and O–H groups in total. The van der Waals surface area contributed by atoms with Crippen LogP contribution < -0.4 is 0 Å². The molecular formula is C17H36FGeO3Zr-. The summed E-state index contributed by atoms with van der Waals surface area (Å²) >= 11 is -1.75. The number of allylic oxidation sites excluding steroid dienone is 4. The fraction of sp³-hybridized carbons (Fsp3) is 0.765. The monoisotopic (exact) mass is 471 g/mol. The second-order valence-electron chi connectivity index (χ2n) is 7.95. The van der Waals surface area contributed by atoms with Crippen molar-refractivity contribution in [3.05, 3.63) is 22.6 Å². The molecule has 6 heteroatoms. The van der Waals surface area contributed by atoms with Crippen LogP contribution in [0.4, 0.5) is 3.50 Å². The molecule has 0 radical (unpaired) electrons. The summed E-state index contributed by atoms with van der Waals surface area (Å²) in [6, 6.07) is 0. The number of aliphatic hydroxyl groups is 3. The fourth-order valence-corrected chi connectivity index (χ4v) is 1.58.